The summed E-state index contributed by atoms with van der Waals surface area (Å²) >= 11 is 6.60. The van der Waals surface area contributed by atoms with Crippen LogP contribution in [-0.4, -0.2) is 61.3 Å². The fraction of sp³-hybridized carbons (Fsp3) is 0.268. The Hall–Kier alpha value is -6.62. The third kappa shape index (κ3) is 7.99. The maximum Gasteiger partial charge on any atom is 0.387 e. The van der Waals surface area contributed by atoms with Gasteiger partial charge in [-0.25, -0.2) is 35.9 Å². The van der Waals surface area contributed by atoms with Gasteiger partial charge in [0, 0.05) is 36.6 Å². The van der Waals surface area contributed by atoms with Crippen molar-refractivity contribution in [2.45, 2.75) is 50.3 Å². The van der Waals surface area contributed by atoms with Gasteiger partial charge in [-0.2, -0.15) is 27.8 Å². The van der Waals surface area contributed by atoms with E-state index in [9.17, 15) is 44.3 Å². The summed E-state index contributed by atoms with van der Waals surface area (Å²) in [6.07, 6.45) is -2.96. The molecule has 1 amide bonds. The molecule has 338 valence electrons. The molecule has 4 heterocycles. The standard InChI is InChI=1S/C41H30ClF8N9O5S/c1-57-33-28(10-8-25(42)31(33)37(55-57)56-65(2,62)63)59-38(53-36-22(39(59)61)7-9-26(52-36)18-3-5-21(6-4-18)64-40(47)48)27(13-17-11-19(43)14-20(44)12-17)51-29(60)16-58-34-30(32(54-58)35(45)46)23-15-24(23)41(34,49)50/h3-12,14,23-24,27,35,40H,13,15-16H2,1-2H3,(H,51,60)(H,55,56)/t23-,24+,27-/m0/s1. The molecule has 0 saturated heterocycles. The molecule has 65 heavy (non-hydrogen) atoms. The van der Waals surface area contributed by atoms with Crippen LogP contribution < -0.4 is 20.3 Å². The number of fused-ring (bicyclic) bond motifs is 5. The number of carbonyl (C=O) groups is 1. The first-order valence-electron chi connectivity index (χ1n) is 19.3. The van der Waals surface area contributed by atoms with Crippen LogP contribution in [0.25, 0.3) is 38.9 Å². The topological polar surface area (TPSA) is 168 Å². The molecule has 2 aliphatic rings. The summed E-state index contributed by atoms with van der Waals surface area (Å²) in [5.41, 5.74) is -2.80. The molecule has 0 spiro atoms. The predicted octanol–water partition coefficient (Wildman–Crippen LogP) is 7.68. The van der Waals surface area contributed by atoms with Crippen molar-refractivity contribution in [3.63, 3.8) is 0 Å². The van der Waals surface area contributed by atoms with Gasteiger partial charge >= 0.3 is 6.61 Å². The molecule has 24 heteroatoms. The van der Waals surface area contributed by atoms with Crippen molar-refractivity contribution in [2.24, 2.45) is 13.0 Å². The quantitative estimate of drug-likeness (QED) is 0.110. The highest BCUT2D eigenvalue weighted by atomic mass is 35.5. The van der Waals surface area contributed by atoms with E-state index in [0.717, 1.165) is 23.0 Å². The molecule has 1 fully saturated rings. The smallest absolute Gasteiger partial charge is 0.387 e. The Labute approximate surface area is 365 Å². The number of carbonyl (C=O) groups excluding carboxylic acids is 1. The van der Waals surface area contributed by atoms with E-state index in [2.05, 4.69) is 30.0 Å². The lowest BCUT2D eigenvalue weighted by atomic mass is 10.0. The highest BCUT2D eigenvalue weighted by Gasteiger charge is 2.67. The monoisotopic (exact) mass is 947 g/mol. The third-order valence-corrected chi connectivity index (χ3v) is 11.9. The van der Waals surface area contributed by atoms with Crippen LogP contribution in [0.4, 0.5) is 40.9 Å². The molecule has 7 aromatic rings. The second-order valence-corrected chi connectivity index (χ2v) is 17.7. The van der Waals surface area contributed by atoms with E-state index in [-0.39, 0.29) is 73.3 Å². The lowest BCUT2D eigenvalue weighted by molar-refractivity contribution is -0.123. The van der Waals surface area contributed by atoms with Crippen LogP contribution in [0, 0.1) is 17.6 Å². The van der Waals surface area contributed by atoms with Crippen molar-refractivity contribution in [1.29, 1.82) is 0 Å². The maximum absolute atomic E-state index is 15.5. The minimum atomic E-state index is -3.96. The summed E-state index contributed by atoms with van der Waals surface area (Å²) in [6.45, 7) is -4.14. The van der Waals surface area contributed by atoms with Gasteiger partial charge in [0.05, 0.1) is 45.0 Å². The van der Waals surface area contributed by atoms with Crippen LogP contribution >= 0.6 is 11.6 Å². The highest BCUT2D eigenvalue weighted by Crippen LogP contribution is 2.68. The number of aromatic nitrogens is 7. The Balaban J connectivity index is 1.24. The van der Waals surface area contributed by atoms with Crippen LogP contribution in [0.5, 0.6) is 5.75 Å². The molecule has 2 aliphatic carbocycles. The number of alkyl halides is 6. The predicted molar refractivity (Wildman–Crippen MR) is 218 cm³/mol. The molecule has 2 N–H and O–H groups in total. The first-order valence-corrected chi connectivity index (χ1v) is 21.6. The maximum atomic E-state index is 15.5. The summed E-state index contributed by atoms with van der Waals surface area (Å²) in [4.78, 5) is 38.4. The minimum absolute atomic E-state index is 0.0110. The summed E-state index contributed by atoms with van der Waals surface area (Å²) < 4.78 is 149. The summed E-state index contributed by atoms with van der Waals surface area (Å²) in [7, 11) is -2.55. The van der Waals surface area contributed by atoms with E-state index in [4.69, 9.17) is 16.6 Å². The van der Waals surface area contributed by atoms with Gasteiger partial charge in [0.15, 0.2) is 11.5 Å². The second-order valence-electron chi connectivity index (χ2n) is 15.5. The Morgan fingerprint density at radius 2 is 1.69 bits per heavy atom. The molecule has 3 atom stereocenters. The molecule has 9 rings (SSSR count). The molecule has 0 bridgehead atoms. The number of amides is 1. The van der Waals surface area contributed by atoms with Gasteiger partial charge < -0.3 is 10.1 Å². The number of nitrogens with one attached hydrogen (secondary N) is 2. The van der Waals surface area contributed by atoms with Crippen LogP contribution in [-0.2, 0) is 40.8 Å². The van der Waals surface area contributed by atoms with E-state index >= 15 is 8.78 Å². The Morgan fingerprint density at radius 3 is 2.35 bits per heavy atom. The fourth-order valence-electron chi connectivity index (χ4n) is 8.43. The van der Waals surface area contributed by atoms with E-state index < -0.39 is 94.3 Å². The molecule has 1 saturated carbocycles. The average Bonchev–Trinajstić information content (AvgIpc) is 3.76. The zero-order valence-corrected chi connectivity index (χ0v) is 34.9. The summed E-state index contributed by atoms with van der Waals surface area (Å²) in [5.74, 6) is -9.67. The number of anilines is 1. The lowest BCUT2D eigenvalue weighted by Crippen LogP contribution is -2.38. The fourth-order valence-corrected chi connectivity index (χ4v) is 9.16. The number of hydrogen-bond acceptors (Lipinski definition) is 9. The van der Waals surface area contributed by atoms with Gasteiger partial charge in [-0.3, -0.25) is 28.2 Å². The second kappa shape index (κ2) is 15.8. The van der Waals surface area contributed by atoms with Crippen molar-refractivity contribution < 1.29 is 53.1 Å². The van der Waals surface area contributed by atoms with Gasteiger partial charge in [-0.05, 0) is 78.6 Å². The van der Waals surface area contributed by atoms with Gasteiger partial charge in [-0.1, -0.05) is 11.6 Å². The van der Waals surface area contributed by atoms with Crippen molar-refractivity contribution in [3.8, 4) is 22.7 Å². The molecule has 3 aromatic carbocycles. The molecule has 4 aromatic heterocycles. The van der Waals surface area contributed by atoms with Crippen molar-refractivity contribution in [2.75, 3.05) is 11.0 Å². The van der Waals surface area contributed by atoms with Crippen molar-refractivity contribution >= 4 is 55.3 Å². The number of hydrogen-bond donors (Lipinski definition) is 2. The SMILES string of the molecule is Cn1nc(NS(C)(=O)=O)c2c(Cl)ccc(-n3c([C@H](Cc4cc(F)cc(F)c4)NC(=O)Cn4nc(C(F)F)c5c4C(F)(F)[C@@H]4C[C@H]54)nc4nc(-c5ccc(OC(F)F)cc5)ccc4c3=O)c21. The van der Waals surface area contributed by atoms with Gasteiger partial charge in [0.2, 0.25) is 15.9 Å². The molecule has 14 nitrogen and oxygen atoms in total. The number of aryl methyl sites for hydroxylation is 1. The van der Waals surface area contributed by atoms with Crippen LogP contribution in [0.15, 0.2) is 71.5 Å². The summed E-state index contributed by atoms with van der Waals surface area (Å²) in [6, 6.07) is 11.6. The Morgan fingerprint density at radius 1 is 0.985 bits per heavy atom. The first kappa shape index (κ1) is 43.6. The number of nitrogens with zero attached hydrogens (tertiary/aromatic N) is 7. The number of benzene rings is 3. The minimum Gasteiger partial charge on any atom is -0.435 e. The largest absolute Gasteiger partial charge is 0.435 e. The average molecular weight is 948 g/mol. The molecule has 0 radical (unpaired) electrons. The lowest BCUT2D eigenvalue weighted by Gasteiger charge is -2.24. The number of sulfonamides is 1. The van der Waals surface area contributed by atoms with Crippen LogP contribution in [0.1, 0.15) is 53.1 Å². The number of pyridine rings is 1. The number of halogens is 9. The van der Waals surface area contributed by atoms with Gasteiger partial charge in [0.1, 0.15) is 41.1 Å². The molecular weight excluding hydrogens is 918 g/mol. The zero-order valence-electron chi connectivity index (χ0n) is 33.3. The van der Waals surface area contributed by atoms with Gasteiger partial charge in [-0.15, -0.1) is 0 Å². The third-order valence-electron chi connectivity index (χ3n) is 11.0. The van der Waals surface area contributed by atoms with E-state index in [0.29, 0.717) is 16.3 Å². The Kier molecular flexibility index (Phi) is 10.6. The van der Waals surface area contributed by atoms with E-state index in [1.165, 1.54) is 60.3 Å². The Bertz CT molecular complexity index is 3250. The molecule has 0 unspecified atom stereocenters. The van der Waals surface area contributed by atoms with E-state index in [1.54, 1.807) is 0 Å². The number of rotatable bonds is 13. The van der Waals surface area contributed by atoms with Crippen LogP contribution in [0.2, 0.25) is 5.02 Å². The van der Waals surface area contributed by atoms with Crippen molar-refractivity contribution in [3.05, 3.63) is 122 Å². The van der Waals surface area contributed by atoms with Crippen LogP contribution in [0.3, 0.4) is 0 Å². The highest BCUT2D eigenvalue weighted by molar-refractivity contribution is 7.92. The summed E-state index contributed by atoms with van der Waals surface area (Å²) in [5, 5.41) is 10.4. The van der Waals surface area contributed by atoms with Gasteiger partial charge in [0.25, 0.3) is 17.9 Å². The molecule has 0 aliphatic heterocycles. The number of ether oxygens (including phenoxy) is 1. The first-order chi connectivity index (χ1) is 30.7. The normalized spacial score (nSPS) is 16.9. The zero-order chi connectivity index (χ0) is 46.4. The van der Waals surface area contributed by atoms with E-state index in [1.807, 2.05) is 0 Å². The molecular formula is C41H30ClF8N9O5S. The van der Waals surface area contributed by atoms with Crippen molar-refractivity contribution in [1.82, 2.24) is 39.4 Å².